The van der Waals surface area contributed by atoms with Gasteiger partial charge in [-0.05, 0) is 17.2 Å². The minimum absolute atomic E-state index is 0.211. The summed E-state index contributed by atoms with van der Waals surface area (Å²) in [6.07, 6.45) is 4.14. The van der Waals surface area contributed by atoms with Crippen molar-refractivity contribution in [3.8, 4) is 0 Å². The zero-order valence-corrected chi connectivity index (χ0v) is 8.35. The molecule has 0 fully saturated rings. The topological polar surface area (TPSA) is 30.2 Å². The van der Waals surface area contributed by atoms with E-state index in [-0.39, 0.29) is 5.78 Å². The summed E-state index contributed by atoms with van der Waals surface area (Å²) >= 11 is 0. The molecule has 0 aliphatic heterocycles. The number of rotatable bonds is 4. The van der Waals surface area contributed by atoms with Gasteiger partial charge in [0.05, 0.1) is 12.5 Å². The molecular formula is C13H12O2. The SMILES string of the molecule is O=C(Cc1ccccc1)Cc1ccoc1. The van der Waals surface area contributed by atoms with Crippen molar-refractivity contribution in [1.82, 2.24) is 0 Å². The standard InChI is InChI=1S/C13H12O2/c14-13(9-12-6-7-15-10-12)8-11-4-2-1-3-5-11/h1-7,10H,8-9H2. The summed E-state index contributed by atoms with van der Waals surface area (Å²) < 4.78 is 4.91. The molecule has 0 atom stereocenters. The number of carbonyl (C=O) groups excluding carboxylic acids is 1. The van der Waals surface area contributed by atoms with Gasteiger partial charge in [-0.1, -0.05) is 30.3 Å². The van der Waals surface area contributed by atoms with Gasteiger partial charge in [0.15, 0.2) is 0 Å². The molecule has 1 aromatic carbocycles. The Balaban J connectivity index is 1.94. The van der Waals surface area contributed by atoms with Gasteiger partial charge in [0.25, 0.3) is 0 Å². The lowest BCUT2D eigenvalue weighted by atomic mass is 10.0. The first kappa shape index (κ1) is 9.71. The lowest BCUT2D eigenvalue weighted by molar-refractivity contribution is -0.117. The van der Waals surface area contributed by atoms with E-state index in [0.29, 0.717) is 12.8 Å². The summed E-state index contributed by atoms with van der Waals surface area (Å²) in [4.78, 5) is 11.6. The summed E-state index contributed by atoms with van der Waals surface area (Å²) in [7, 11) is 0. The van der Waals surface area contributed by atoms with E-state index in [1.807, 2.05) is 36.4 Å². The Kier molecular flexibility index (Phi) is 2.98. The fourth-order valence-electron chi connectivity index (χ4n) is 1.51. The number of benzene rings is 1. The Bertz CT molecular complexity index is 415. The van der Waals surface area contributed by atoms with Crippen molar-refractivity contribution in [1.29, 1.82) is 0 Å². The van der Waals surface area contributed by atoms with Gasteiger partial charge >= 0.3 is 0 Å². The van der Waals surface area contributed by atoms with Crippen LogP contribution in [0.25, 0.3) is 0 Å². The predicted octanol–water partition coefficient (Wildman–Crippen LogP) is 2.63. The fourth-order valence-corrected chi connectivity index (χ4v) is 1.51. The van der Waals surface area contributed by atoms with Crippen molar-refractivity contribution in [2.75, 3.05) is 0 Å². The van der Waals surface area contributed by atoms with Crippen molar-refractivity contribution in [3.05, 3.63) is 60.1 Å². The van der Waals surface area contributed by atoms with Gasteiger partial charge in [0, 0.05) is 12.8 Å². The molecular weight excluding hydrogens is 188 g/mol. The lowest BCUT2D eigenvalue weighted by Crippen LogP contribution is -2.05. The Hall–Kier alpha value is -1.83. The number of Topliss-reactive ketones (excluding diaryl/α,β-unsaturated/α-hetero) is 1. The second kappa shape index (κ2) is 4.60. The van der Waals surface area contributed by atoms with Crippen molar-refractivity contribution in [3.63, 3.8) is 0 Å². The van der Waals surface area contributed by atoms with Crippen molar-refractivity contribution in [2.24, 2.45) is 0 Å². The van der Waals surface area contributed by atoms with Crippen LogP contribution in [0.1, 0.15) is 11.1 Å². The van der Waals surface area contributed by atoms with E-state index in [4.69, 9.17) is 4.42 Å². The van der Waals surface area contributed by atoms with Crippen LogP contribution in [0.5, 0.6) is 0 Å². The molecule has 0 aliphatic rings. The highest BCUT2D eigenvalue weighted by Gasteiger charge is 2.05. The third-order valence-corrected chi connectivity index (χ3v) is 2.23. The highest BCUT2D eigenvalue weighted by Crippen LogP contribution is 2.05. The predicted molar refractivity (Wildman–Crippen MR) is 57.6 cm³/mol. The summed E-state index contributed by atoms with van der Waals surface area (Å²) in [6.45, 7) is 0. The Morgan fingerprint density at radius 2 is 1.73 bits per heavy atom. The van der Waals surface area contributed by atoms with Crippen LogP contribution in [0.15, 0.2) is 53.3 Å². The molecule has 2 nitrogen and oxygen atoms in total. The molecule has 2 aromatic rings. The van der Waals surface area contributed by atoms with Crippen LogP contribution in [0.3, 0.4) is 0 Å². The van der Waals surface area contributed by atoms with Crippen molar-refractivity contribution >= 4 is 5.78 Å². The summed E-state index contributed by atoms with van der Waals surface area (Å²) in [5.41, 5.74) is 2.00. The van der Waals surface area contributed by atoms with Gasteiger partial charge in [-0.3, -0.25) is 4.79 Å². The van der Waals surface area contributed by atoms with Crippen LogP contribution in [0.2, 0.25) is 0 Å². The molecule has 0 saturated heterocycles. The van der Waals surface area contributed by atoms with Gasteiger partial charge in [-0.2, -0.15) is 0 Å². The Labute approximate surface area is 88.5 Å². The maximum atomic E-state index is 11.6. The highest BCUT2D eigenvalue weighted by atomic mass is 16.3. The van der Waals surface area contributed by atoms with E-state index >= 15 is 0 Å². The second-order valence-corrected chi connectivity index (χ2v) is 3.51. The van der Waals surface area contributed by atoms with Crippen LogP contribution in [-0.2, 0) is 17.6 Å². The molecule has 0 aliphatic carbocycles. The average Bonchev–Trinajstić information content (AvgIpc) is 2.71. The number of furan rings is 1. The molecule has 0 spiro atoms. The summed E-state index contributed by atoms with van der Waals surface area (Å²) in [5.74, 6) is 0.211. The summed E-state index contributed by atoms with van der Waals surface area (Å²) in [6, 6.07) is 11.6. The number of hydrogen-bond donors (Lipinski definition) is 0. The van der Waals surface area contributed by atoms with E-state index in [0.717, 1.165) is 11.1 Å². The highest BCUT2D eigenvalue weighted by molar-refractivity contribution is 5.82. The smallest absolute Gasteiger partial charge is 0.141 e. The van der Waals surface area contributed by atoms with Crippen LogP contribution in [0.4, 0.5) is 0 Å². The third-order valence-electron chi connectivity index (χ3n) is 2.23. The second-order valence-electron chi connectivity index (χ2n) is 3.51. The van der Waals surface area contributed by atoms with Crippen LogP contribution < -0.4 is 0 Å². The minimum atomic E-state index is 0.211. The van der Waals surface area contributed by atoms with Gasteiger partial charge in [0.1, 0.15) is 5.78 Å². The first-order chi connectivity index (χ1) is 7.34. The molecule has 0 N–H and O–H groups in total. The first-order valence-corrected chi connectivity index (χ1v) is 4.91. The van der Waals surface area contributed by atoms with Crippen molar-refractivity contribution < 1.29 is 9.21 Å². The molecule has 76 valence electrons. The average molecular weight is 200 g/mol. The fraction of sp³-hybridized carbons (Fsp3) is 0.154. The molecule has 0 radical (unpaired) electrons. The number of carbonyl (C=O) groups is 1. The molecule has 15 heavy (non-hydrogen) atoms. The molecule has 2 heteroatoms. The van der Waals surface area contributed by atoms with E-state index in [1.165, 1.54) is 0 Å². The quantitative estimate of drug-likeness (QED) is 0.759. The molecule has 0 bridgehead atoms. The Morgan fingerprint density at radius 1 is 1.00 bits per heavy atom. The van der Waals surface area contributed by atoms with Gasteiger partial charge in [-0.15, -0.1) is 0 Å². The van der Waals surface area contributed by atoms with Gasteiger partial charge < -0.3 is 4.42 Å². The molecule has 2 rings (SSSR count). The molecule has 1 aromatic heterocycles. The third kappa shape index (κ3) is 2.81. The number of hydrogen-bond acceptors (Lipinski definition) is 2. The van der Waals surface area contributed by atoms with Crippen LogP contribution in [0, 0.1) is 0 Å². The zero-order chi connectivity index (χ0) is 10.5. The largest absolute Gasteiger partial charge is 0.472 e. The van der Waals surface area contributed by atoms with Gasteiger partial charge in [0.2, 0.25) is 0 Å². The van der Waals surface area contributed by atoms with E-state index in [1.54, 1.807) is 12.5 Å². The molecule has 0 unspecified atom stereocenters. The molecule has 0 amide bonds. The lowest BCUT2D eigenvalue weighted by Gasteiger charge is -1.98. The van der Waals surface area contributed by atoms with E-state index in [9.17, 15) is 4.79 Å². The van der Waals surface area contributed by atoms with Crippen LogP contribution in [-0.4, -0.2) is 5.78 Å². The minimum Gasteiger partial charge on any atom is -0.472 e. The normalized spacial score (nSPS) is 10.1. The molecule has 1 heterocycles. The maximum absolute atomic E-state index is 11.6. The monoisotopic (exact) mass is 200 g/mol. The van der Waals surface area contributed by atoms with Crippen LogP contribution >= 0.6 is 0 Å². The molecule has 0 saturated carbocycles. The zero-order valence-electron chi connectivity index (χ0n) is 8.35. The maximum Gasteiger partial charge on any atom is 0.141 e. The van der Waals surface area contributed by atoms with Gasteiger partial charge in [-0.25, -0.2) is 0 Å². The number of ketones is 1. The van der Waals surface area contributed by atoms with E-state index < -0.39 is 0 Å². The Morgan fingerprint density at radius 3 is 2.40 bits per heavy atom. The first-order valence-electron chi connectivity index (χ1n) is 4.91. The summed E-state index contributed by atoms with van der Waals surface area (Å²) in [5, 5.41) is 0. The van der Waals surface area contributed by atoms with E-state index in [2.05, 4.69) is 0 Å². The van der Waals surface area contributed by atoms with Crippen molar-refractivity contribution in [2.45, 2.75) is 12.8 Å².